The lowest BCUT2D eigenvalue weighted by Gasteiger charge is -2.32. The smallest absolute Gasteiger partial charge is 0.272 e. The third kappa shape index (κ3) is 4.18. The topological polar surface area (TPSA) is 70.6 Å². The lowest BCUT2D eigenvalue weighted by atomic mass is 10.3. The first-order chi connectivity index (χ1) is 12.1. The molecule has 0 aliphatic carbocycles. The van der Waals surface area contributed by atoms with Crippen LogP contribution in [0.4, 0.5) is 11.6 Å². The van der Waals surface area contributed by atoms with Crippen LogP contribution in [0.5, 0.6) is 5.75 Å². The predicted molar refractivity (Wildman–Crippen MR) is 96.7 cm³/mol. The molecule has 2 heterocycles. The van der Waals surface area contributed by atoms with Gasteiger partial charge in [-0.1, -0.05) is 11.6 Å². The number of hydrogen-bond donors (Lipinski definition) is 1. The molecule has 1 saturated heterocycles. The maximum absolute atomic E-state index is 12.6. The molecule has 0 atom stereocenters. The molecule has 25 heavy (non-hydrogen) atoms. The summed E-state index contributed by atoms with van der Waals surface area (Å²) in [5.74, 6) is 0.861. The van der Waals surface area contributed by atoms with Crippen LogP contribution < -0.4 is 10.1 Å². The van der Waals surface area contributed by atoms with Crippen LogP contribution in [0.15, 0.2) is 30.5 Å². The zero-order valence-electron chi connectivity index (χ0n) is 14.2. The highest BCUT2D eigenvalue weighted by Gasteiger charge is 2.21. The van der Waals surface area contributed by atoms with Crippen LogP contribution in [-0.2, 0) is 0 Å². The number of benzene rings is 1. The largest absolute Gasteiger partial charge is 0.495 e. The molecule has 1 fully saturated rings. The second kappa shape index (κ2) is 7.67. The van der Waals surface area contributed by atoms with Gasteiger partial charge in [0.05, 0.1) is 12.1 Å². The summed E-state index contributed by atoms with van der Waals surface area (Å²) in [6.07, 6.45) is 1.57. The number of nitrogens with one attached hydrogen (secondary N) is 1. The SMILES string of the molecule is COc1ccc(Nc2nccc(C(=O)N3CCN(C)CC3)n2)cc1Cl. The number of hydrogen-bond acceptors (Lipinski definition) is 6. The van der Waals surface area contributed by atoms with E-state index in [1.54, 1.807) is 31.5 Å². The number of carbonyl (C=O) groups is 1. The number of halogens is 1. The van der Waals surface area contributed by atoms with E-state index in [1.165, 1.54) is 0 Å². The lowest BCUT2D eigenvalue weighted by Crippen LogP contribution is -2.47. The number of amides is 1. The molecule has 1 N–H and O–H groups in total. The minimum atomic E-state index is -0.0775. The summed E-state index contributed by atoms with van der Waals surface area (Å²) in [5, 5.41) is 3.54. The number of aromatic nitrogens is 2. The molecule has 1 aromatic carbocycles. The Bertz CT molecular complexity index is 762. The van der Waals surface area contributed by atoms with Gasteiger partial charge in [-0.05, 0) is 31.3 Å². The molecule has 8 heteroatoms. The average Bonchev–Trinajstić information content (AvgIpc) is 2.62. The van der Waals surface area contributed by atoms with Crippen molar-refractivity contribution in [2.24, 2.45) is 0 Å². The first-order valence-corrected chi connectivity index (χ1v) is 8.36. The van der Waals surface area contributed by atoms with Crippen LogP contribution in [0.25, 0.3) is 0 Å². The molecule has 3 rings (SSSR count). The van der Waals surface area contributed by atoms with Crippen LogP contribution in [0.1, 0.15) is 10.5 Å². The van der Waals surface area contributed by atoms with Crippen molar-refractivity contribution in [2.45, 2.75) is 0 Å². The second-order valence-electron chi connectivity index (χ2n) is 5.84. The van der Waals surface area contributed by atoms with E-state index in [0.29, 0.717) is 35.5 Å². The van der Waals surface area contributed by atoms with Crippen molar-refractivity contribution in [3.8, 4) is 5.75 Å². The summed E-state index contributed by atoms with van der Waals surface area (Å²) in [5.41, 5.74) is 1.09. The number of nitrogens with zero attached hydrogens (tertiary/aromatic N) is 4. The Hall–Kier alpha value is -2.38. The molecular formula is C17H20ClN5O2. The van der Waals surface area contributed by atoms with E-state index < -0.39 is 0 Å². The van der Waals surface area contributed by atoms with Gasteiger partial charge in [0.1, 0.15) is 11.4 Å². The zero-order chi connectivity index (χ0) is 17.8. The number of anilines is 2. The predicted octanol–water partition coefficient (Wildman–Crippen LogP) is 2.27. The van der Waals surface area contributed by atoms with Gasteiger partial charge < -0.3 is 19.9 Å². The van der Waals surface area contributed by atoms with Crippen molar-refractivity contribution in [2.75, 3.05) is 45.7 Å². The number of rotatable bonds is 4. The van der Waals surface area contributed by atoms with Gasteiger partial charge in [0.15, 0.2) is 0 Å². The number of carbonyl (C=O) groups excluding carboxylic acids is 1. The normalized spacial score (nSPS) is 15.1. The van der Waals surface area contributed by atoms with Crippen molar-refractivity contribution >= 4 is 29.1 Å². The summed E-state index contributed by atoms with van der Waals surface area (Å²) in [4.78, 5) is 25.1. The quantitative estimate of drug-likeness (QED) is 0.900. The molecule has 1 amide bonds. The molecule has 2 aromatic rings. The molecule has 7 nitrogen and oxygen atoms in total. The molecule has 0 unspecified atom stereocenters. The Morgan fingerprint density at radius 2 is 2.00 bits per heavy atom. The van der Waals surface area contributed by atoms with Crippen LogP contribution in [-0.4, -0.2) is 66.0 Å². The van der Waals surface area contributed by atoms with Gasteiger partial charge >= 0.3 is 0 Å². The molecular weight excluding hydrogens is 342 g/mol. The number of piperazine rings is 1. The van der Waals surface area contributed by atoms with Crippen molar-refractivity contribution in [3.05, 3.63) is 41.2 Å². The number of likely N-dealkylation sites (N-methyl/N-ethyl adjacent to an activating group) is 1. The third-order valence-corrected chi connectivity index (χ3v) is 4.37. The van der Waals surface area contributed by atoms with E-state index >= 15 is 0 Å². The fourth-order valence-electron chi connectivity index (χ4n) is 2.58. The summed E-state index contributed by atoms with van der Waals surface area (Å²) in [7, 11) is 3.61. The first kappa shape index (κ1) is 17.4. The van der Waals surface area contributed by atoms with E-state index in [2.05, 4.69) is 27.2 Å². The maximum atomic E-state index is 12.6. The van der Waals surface area contributed by atoms with E-state index in [9.17, 15) is 4.79 Å². The highest BCUT2D eigenvalue weighted by Crippen LogP contribution is 2.28. The monoisotopic (exact) mass is 361 g/mol. The first-order valence-electron chi connectivity index (χ1n) is 7.98. The van der Waals surface area contributed by atoms with Crippen LogP contribution >= 0.6 is 11.6 Å². The second-order valence-corrected chi connectivity index (χ2v) is 6.24. The third-order valence-electron chi connectivity index (χ3n) is 4.07. The molecule has 1 aromatic heterocycles. The Kier molecular flexibility index (Phi) is 5.35. The molecule has 0 radical (unpaired) electrons. The minimum absolute atomic E-state index is 0.0775. The van der Waals surface area contributed by atoms with Gasteiger partial charge in [-0.15, -0.1) is 0 Å². The van der Waals surface area contributed by atoms with E-state index in [4.69, 9.17) is 16.3 Å². The summed E-state index contributed by atoms with van der Waals surface area (Å²) >= 11 is 6.12. The van der Waals surface area contributed by atoms with E-state index in [0.717, 1.165) is 18.8 Å². The van der Waals surface area contributed by atoms with Crippen LogP contribution in [0, 0.1) is 0 Å². The molecule has 0 saturated carbocycles. The molecule has 0 bridgehead atoms. The number of methoxy groups -OCH3 is 1. The minimum Gasteiger partial charge on any atom is -0.495 e. The van der Waals surface area contributed by atoms with Gasteiger partial charge in [0.2, 0.25) is 5.95 Å². The van der Waals surface area contributed by atoms with Crippen LogP contribution in [0.3, 0.4) is 0 Å². The average molecular weight is 362 g/mol. The maximum Gasteiger partial charge on any atom is 0.272 e. The molecule has 132 valence electrons. The Labute approximate surface area is 151 Å². The Morgan fingerprint density at radius 1 is 1.24 bits per heavy atom. The molecule has 1 aliphatic heterocycles. The molecule has 0 spiro atoms. The summed E-state index contributed by atoms with van der Waals surface area (Å²) in [6, 6.07) is 6.92. The zero-order valence-corrected chi connectivity index (χ0v) is 15.0. The van der Waals surface area contributed by atoms with Gasteiger partial charge in [0, 0.05) is 38.1 Å². The Morgan fingerprint density at radius 3 is 2.68 bits per heavy atom. The standard InChI is InChI=1S/C17H20ClN5O2/c1-22-7-9-23(10-8-22)16(24)14-5-6-19-17(21-14)20-12-3-4-15(25-2)13(18)11-12/h3-6,11H,7-10H2,1-2H3,(H,19,20,21). The van der Waals surface area contributed by atoms with Crippen molar-refractivity contribution in [1.29, 1.82) is 0 Å². The summed E-state index contributed by atoms with van der Waals surface area (Å²) in [6.45, 7) is 3.14. The van der Waals surface area contributed by atoms with Crippen molar-refractivity contribution < 1.29 is 9.53 Å². The highest BCUT2D eigenvalue weighted by molar-refractivity contribution is 6.32. The van der Waals surface area contributed by atoms with E-state index in [1.807, 2.05) is 11.0 Å². The van der Waals surface area contributed by atoms with Gasteiger partial charge in [-0.2, -0.15) is 0 Å². The number of ether oxygens (including phenoxy) is 1. The fraction of sp³-hybridized carbons (Fsp3) is 0.353. The van der Waals surface area contributed by atoms with Gasteiger partial charge in [-0.25, -0.2) is 9.97 Å². The van der Waals surface area contributed by atoms with Gasteiger partial charge in [-0.3, -0.25) is 4.79 Å². The van der Waals surface area contributed by atoms with Crippen molar-refractivity contribution in [1.82, 2.24) is 19.8 Å². The van der Waals surface area contributed by atoms with Gasteiger partial charge in [0.25, 0.3) is 5.91 Å². The Balaban J connectivity index is 1.73. The van der Waals surface area contributed by atoms with Crippen LogP contribution in [0.2, 0.25) is 5.02 Å². The lowest BCUT2D eigenvalue weighted by molar-refractivity contribution is 0.0658. The summed E-state index contributed by atoms with van der Waals surface area (Å²) < 4.78 is 5.13. The van der Waals surface area contributed by atoms with E-state index in [-0.39, 0.29) is 5.91 Å². The van der Waals surface area contributed by atoms with Crippen molar-refractivity contribution in [3.63, 3.8) is 0 Å². The highest BCUT2D eigenvalue weighted by atomic mass is 35.5. The fourth-order valence-corrected chi connectivity index (χ4v) is 2.84. The molecule has 1 aliphatic rings.